The van der Waals surface area contributed by atoms with Crippen molar-refractivity contribution >= 4 is 17.3 Å². The van der Waals surface area contributed by atoms with Gasteiger partial charge in [0.25, 0.3) is 0 Å². The van der Waals surface area contributed by atoms with E-state index in [0.717, 1.165) is 19.5 Å². The van der Waals surface area contributed by atoms with E-state index >= 15 is 0 Å². The van der Waals surface area contributed by atoms with Crippen LogP contribution in [0.4, 0.5) is 15.8 Å². The number of nitrogens with one attached hydrogen (secondary N) is 1. The Morgan fingerprint density at radius 1 is 1.33 bits per heavy atom. The highest BCUT2D eigenvalue weighted by Crippen LogP contribution is 2.18. The summed E-state index contributed by atoms with van der Waals surface area (Å²) in [6.07, 6.45) is 0.966. The second-order valence-corrected chi connectivity index (χ2v) is 5.54. The normalized spacial score (nSPS) is 12.7. The molecule has 0 saturated carbocycles. The van der Waals surface area contributed by atoms with E-state index in [0.29, 0.717) is 5.69 Å². The summed E-state index contributed by atoms with van der Waals surface area (Å²) in [6.45, 7) is 3.56. The maximum Gasteiger partial charge on any atom is 0.241 e. The van der Waals surface area contributed by atoms with E-state index < -0.39 is 5.82 Å². The molecule has 0 heterocycles. The minimum Gasteiger partial charge on any atom is -0.399 e. The van der Waals surface area contributed by atoms with Crippen molar-refractivity contribution in [2.75, 3.05) is 45.3 Å². The van der Waals surface area contributed by atoms with Crippen molar-refractivity contribution in [3.05, 3.63) is 24.0 Å². The first-order chi connectivity index (χ1) is 9.81. The fraction of sp³-hybridized carbons (Fsp3) is 0.533. The highest BCUT2D eigenvalue weighted by atomic mass is 19.1. The van der Waals surface area contributed by atoms with Gasteiger partial charge in [-0.2, -0.15) is 0 Å². The summed E-state index contributed by atoms with van der Waals surface area (Å²) in [7, 11) is 5.91. The van der Waals surface area contributed by atoms with Crippen molar-refractivity contribution in [2.45, 2.75) is 19.4 Å². The Morgan fingerprint density at radius 2 is 2.00 bits per heavy atom. The second-order valence-electron chi connectivity index (χ2n) is 5.54. The van der Waals surface area contributed by atoms with Gasteiger partial charge in [0.2, 0.25) is 5.91 Å². The first kappa shape index (κ1) is 17.4. The van der Waals surface area contributed by atoms with Crippen LogP contribution < -0.4 is 11.1 Å². The molecule has 0 fully saturated rings. The van der Waals surface area contributed by atoms with Crippen LogP contribution >= 0.6 is 0 Å². The lowest BCUT2D eigenvalue weighted by Gasteiger charge is -2.24. The maximum atomic E-state index is 13.6. The third-order valence-electron chi connectivity index (χ3n) is 3.41. The third-order valence-corrected chi connectivity index (χ3v) is 3.41. The van der Waals surface area contributed by atoms with Gasteiger partial charge in [-0.25, -0.2) is 4.39 Å². The molecule has 1 rings (SSSR count). The predicted octanol–water partition coefficient (Wildman–Crippen LogP) is 1.62. The van der Waals surface area contributed by atoms with E-state index in [2.05, 4.69) is 10.2 Å². The molecule has 21 heavy (non-hydrogen) atoms. The fourth-order valence-electron chi connectivity index (χ4n) is 1.91. The average Bonchev–Trinajstić information content (AvgIpc) is 2.41. The molecule has 0 radical (unpaired) electrons. The van der Waals surface area contributed by atoms with E-state index in [4.69, 9.17) is 5.73 Å². The Morgan fingerprint density at radius 3 is 2.62 bits per heavy atom. The first-order valence-electron chi connectivity index (χ1n) is 7.02. The molecule has 1 amide bonds. The molecule has 5 nitrogen and oxygen atoms in total. The number of carbonyl (C=O) groups excluding carboxylic acids is 1. The SMILES string of the molecule is CC(C(=O)Nc1cc(N)ccc1F)N(C)CCCN(C)C. The van der Waals surface area contributed by atoms with Gasteiger partial charge in [-0.3, -0.25) is 9.69 Å². The number of carbonyl (C=O) groups is 1. The summed E-state index contributed by atoms with van der Waals surface area (Å²) in [6, 6.07) is 3.79. The molecular weight excluding hydrogens is 271 g/mol. The summed E-state index contributed by atoms with van der Waals surface area (Å²) in [5.41, 5.74) is 6.13. The first-order valence-corrected chi connectivity index (χ1v) is 7.02. The van der Waals surface area contributed by atoms with E-state index in [1.165, 1.54) is 18.2 Å². The lowest BCUT2D eigenvalue weighted by atomic mass is 10.2. The summed E-state index contributed by atoms with van der Waals surface area (Å²) < 4.78 is 13.6. The van der Waals surface area contributed by atoms with Gasteiger partial charge >= 0.3 is 0 Å². The van der Waals surface area contributed by atoms with Gasteiger partial charge in [-0.15, -0.1) is 0 Å². The standard InChI is InChI=1S/C15H25FN4O/c1-11(20(4)9-5-8-19(2)3)15(21)18-14-10-12(17)6-7-13(14)16/h6-7,10-11H,5,8-9,17H2,1-4H3,(H,18,21). The summed E-state index contributed by atoms with van der Waals surface area (Å²) >= 11 is 0. The smallest absolute Gasteiger partial charge is 0.241 e. The molecule has 0 aliphatic carbocycles. The van der Waals surface area contributed by atoms with Crippen molar-refractivity contribution in [1.29, 1.82) is 0 Å². The quantitative estimate of drug-likeness (QED) is 0.751. The molecule has 0 aliphatic rings. The molecular formula is C15H25FN4O. The fourth-order valence-corrected chi connectivity index (χ4v) is 1.91. The number of likely N-dealkylation sites (N-methyl/N-ethyl adjacent to an activating group) is 1. The van der Waals surface area contributed by atoms with Crippen LogP contribution in [0.2, 0.25) is 0 Å². The van der Waals surface area contributed by atoms with Crippen molar-refractivity contribution in [1.82, 2.24) is 9.80 Å². The molecule has 3 N–H and O–H groups in total. The van der Waals surface area contributed by atoms with Crippen molar-refractivity contribution < 1.29 is 9.18 Å². The number of halogens is 1. The Bertz CT molecular complexity index is 479. The van der Waals surface area contributed by atoms with Crippen LogP contribution in [0.5, 0.6) is 0 Å². The highest BCUT2D eigenvalue weighted by Gasteiger charge is 2.19. The van der Waals surface area contributed by atoms with Crippen molar-refractivity contribution in [3.8, 4) is 0 Å². The Kier molecular flexibility index (Phi) is 6.58. The van der Waals surface area contributed by atoms with Crippen LogP contribution in [-0.2, 0) is 4.79 Å². The van der Waals surface area contributed by atoms with Crippen LogP contribution in [-0.4, -0.2) is 56.0 Å². The van der Waals surface area contributed by atoms with Gasteiger partial charge in [0.15, 0.2) is 0 Å². The number of nitrogens with zero attached hydrogens (tertiary/aromatic N) is 2. The van der Waals surface area contributed by atoms with Crippen LogP contribution in [0.15, 0.2) is 18.2 Å². The number of hydrogen-bond donors (Lipinski definition) is 2. The Hall–Kier alpha value is -1.66. The van der Waals surface area contributed by atoms with Crippen molar-refractivity contribution in [3.63, 3.8) is 0 Å². The van der Waals surface area contributed by atoms with Crippen LogP contribution in [0.3, 0.4) is 0 Å². The van der Waals surface area contributed by atoms with Gasteiger partial charge in [0, 0.05) is 5.69 Å². The lowest BCUT2D eigenvalue weighted by Crippen LogP contribution is -2.40. The molecule has 1 unspecified atom stereocenters. The number of nitrogens with two attached hydrogens (primary N) is 1. The van der Waals surface area contributed by atoms with E-state index in [9.17, 15) is 9.18 Å². The lowest BCUT2D eigenvalue weighted by molar-refractivity contribution is -0.120. The summed E-state index contributed by atoms with van der Waals surface area (Å²) in [4.78, 5) is 16.2. The zero-order chi connectivity index (χ0) is 16.0. The molecule has 6 heteroatoms. The average molecular weight is 296 g/mol. The second kappa shape index (κ2) is 7.95. The molecule has 0 saturated heterocycles. The molecule has 1 aromatic carbocycles. The van der Waals surface area contributed by atoms with Gasteiger partial charge in [0.05, 0.1) is 11.7 Å². The molecule has 118 valence electrons. The van der Waals surface area contributed by atoms with E-state index in [-0.39, 0.29) is 17.6 Å². The highest BCUT2D eigenvalue weighted by molar-refractivity contribution is 5.95. The molecule has 0 aliphatic heterocycles. The molecule has 1 atom stereocenters. The van der Waals surface area contributed by atoms with Crippen molar-refractivity contribution in [2.24, 2.45) is 0 Å². The van der Waals surface area contributed by atoms with Crippen LogP contribution in [0.25, 0.3) is 0 Å². The minimum absolute atomic E-state index is 0.119. The molecule has 0 aromatic heterocycles. The number of rotatable bonds is 7. The zero-order valence-corrected chi connectivity index (χ0v) is 13.2. The minimum atomic E-state index is -0.486. The number of anilines is 2. The number of amides is 1. The Labute approximate surface area is 125 Å². The largest absolute Gasteiger partial charge is 0.399 e. The molecule has 1 aromatic rings. The zero-order valence-electron chi connectivity index (χ0n) is 13.2. The van der Waals surface area contributed by atoms with E-state index in [1.54, 1.807) is 6.92 Å². The van der Waals surface area contributed by atoms with Gasteiger partial charge in [-0.05, 0) is 65.8 Å². The number of benzene rings is 1. The maximum absolute atomic E-state index is 13.6. The van der Waals surface area contributed by atoms with Crippen LogP contribution in [0.1, 0.15) is 13.3 Å². The number of nitrogen functional groups attached to an aromatic ring is 1. The number of hydrogen-bond acceptors (Lipinski definition) is 4. The third kappa shape index (κ3) is 5.69. The topological polar surface area (TPSA) is 61.6 Å². The molecule has 0 bridgehead atoms. The summed E-state index contributed by atoms with van der Waals surface area (Å²) in [5, 5.41) is 2.58. The Balaban J connectivity index is 2.55. The monoisotopic (exact) mass is 296 g/mol. The van der Waals surface area contributed by atoms with Crippen LogP contribution in [0, 0.1) is 5.82 Å². The molecule has 0 spiro atoms. The van der Waals surface area contributed by atoms with Gasteiger partial charge in [-0.1, -0.05) is 0 Å². The van der Waals surface area contributed by atoms with Gasteiger partial charge in [0.1, 0.15) is 5.82 Å². The van der Waals surface area contributed by atoms with Gasteiger partial charge < -0.3 is 16.0 Å². The predicted molar refractivity (Wildman–Crippen MR) is 84.7 cm³/mol. The summed E-state index contributed by atoms with van der Waals surface area (Å²) in [5.74, 6) is -0.730. The van der Waals surface area contributed by atoms with E-state index in [1.807, 2.05) is 26.0 Å².